The van der Waals surface area contributed by atoms with Crippen LogP contribution < -0.4 is 37.7 Å². The van der Waals surface area contributed by atoms with Crippen molar-refractivity contribution in [2.45, 2.75) is 91.6 Å². The van der Waals surface area contributed by atoms with Crippen molar-refractivity contribution in [3.8, 4) is 11.5 Å². The summed E-state index contributed by atoms with van der Waals surface area (Å²) in [6.45, 7) is 5.01. The number of ketones is 1. The molecule has 7 amide bonds. The summed E-state index contributed by atoms with van der Waals surface area (Å²) in [6.07, 6.45) is 4.25. The highest BCUT2D eigenvalue weighted by atomic mass is 16.7. The first-order valence-corrected chi connectivity index (χ1v) is 27.4. The standard InChI is InChI=1S/C55H88N12O12/c1-41(2)30-64(52(73)36-66(48(69)29-60-24-12-8-20-56)32-44-18-19-46-47(28-44)79-40-78-46)35-50(71)61(25-13-9-21-57)33-49(70)63(27-15-11-23-59)37-54(75)67(43(4)45-16-6-5-7-17-45)38-53(74)62(26-14-10-22-58)34-51(72)65(31-42(3)68)39-55(76)77/h5-7,16-19,28,41,43,60H,8-15,20-27,29-40,56-59H2,1-4H3,(H,76,77). The maximum atomic E-state index is 14.8. The van der Waals surface area contributed by atoms with Gasteiger partial charge >= 0.3 is 5.97 Å². The molecule has 1 aliphatic rings. The van der Waals surface area contributed by atoms with Gasteiger partial charge in [-0.05, 0) is 127 Å². The number of amides is 7. The van der Waals surface area contributed by atoms with Gasteiger partial charge in [0.1, 0.15) is 25.4 Å². The predicted molar refractivity (Wildman–Crippen MR) is 297 cm³/mol. The Labute approximate surface area is 465 Å². The fourth-order valence-electron chi connectivity index (χ4n) is 8.68. The van der Waals surface area contributed by atoms with Gasteiger partial charge < -0.3 is 77.1 Å². The number of unbranched alkanes of at least 4 members (excludes halogenated alkanes) is 4. The summed E-state index contributed by atoms with van der Waals surface area (Å²) in [7, 11) is 0. The molecule has 0 bridgehead atoms. The summed E-state index contributed by atoms with van der Waals surface area (Å²) >= 11 is 0. The fraction of sp³-hybridized carbons (Fsp3) is 0.618. The van der Waals surface area contributed by atoms with Crippen LogP contribution in [0.2, 0.25) is 0 Å². The van der Waals surface area contributed by atoms with Crippen molar-refractivity contribution in [3.05, 3.63) is 59.7 Å². The van der Waals surface area contributed by atoms with Crippen molar-refractivity contribution < 1.29 is 57.7 Å². The highest BCUT2D eigenvalue weighted by Crippen LogP contribution is 2.33. The zero-order valence-electron chi connectivity index (χ0n) is 47.0. The van der Waals surface area contributed by atoms with Crippen molar-refractivity contribution in [2.75, 3.05) is 125 Å². The van der Waals surface area contributed by atoms with E-state index in [1.54, 1.807) is 55.5 Å². The molecule has 1 aliphatic heterocycles. The minimum absolute atomic E-state index is 0.0351. The molecule has 2 aromatic rings. The van der Waals surface area contributed by atoms with Crippen molar-refractivity contribution in [2.24, 2.45) is 28.9 Å². The van der Waals surface area contributed by atoms with Crippen LogP contribution in [-0.2, 0) is 49.7 Å². The summed E-state index contributed by atoms with van der Waals surface area (Å²) in [5, 5.41) is 12.6. The number of benzene rings is 2. The van der Waals surface area contributed by atoms with Crippen LogP contribution in [0.5, 0.6) is 11.5 Å². The molecule has 0 fully saturated rings. The second-order valence-electron chi connectivity index (χ2n) is 20.2. The molecule has 2 aromatic carbocycles. The third kappa shape index (κ3) is 24.4. The molecule has 3 rings (SSSR count). The number of carbonyl (C=O) groups excluding carboxylic acids is 8. The van der Waals surface area contributed by atoms with Gasteiger partial charge in [-0.25, -0.2) is 0 Å². The number of ether oxygens (including phenoxy) is 2. The minimum atomic E-state index is -1.35. The van der Waals surface area contributed by atoms with E-state index in [1.807, 2.05) is 13.8 Å². The van der Waals surface area contributed by atoms with E-state index < -0.39 is 99.1 Å². The number of hydrogen-bond acceptors (Lipinski definition) is 16. The Morgan fingerprint density at radius 3 is 1.54 bits per heavy atom. The summed E-state index contributed by atoms with van der Waals surface area (Å²) in [5.41, 5.74) is 24.5. The second kappa shape index (κ2) is 36.4. The summed E-state index contributed by atoms with van der Waals surface area (Å²) < 4.78 is 11.0. The molecule has 440 valence electrons. The Kier molecular flexibility index (Phi) is 30.7. The number of rotatable bonds is 40. The van der Waals surface area contributed by atoms with Gasteiger partial charge in [0.25, 0.3) is 0 Å². The van der Waals surface area contributed by atoms with Gasteiger partial charge in [-0.3, -0.25) is 43.2 Å². The van der Waals surface area contributed by atoms with Crippen molar-refractivity contribution >= 4 is 53.1 Å². The third-order valence-electron chi connectivity index (χ3n) is 13.0. The molecule has 0 saturated heterocycles. The zero-order chi connectivity index (χ0) is 58.3. The van der Waals surface area contributed by atoms with E-state index in [-0.39, 0.29) is 64.4 Å². The summed E-state index contributed by atoms with van der Waals surface area (Å²) in [6, 6.07) is 13.5. The first kappa shape index (κ1) is 66.5. The summed E-state index contributed by atoms with van der Waals surface area (Å²) in [5.74, 6) is -4.81. The van der Waals surface area contributed by atoms with Gasteiger partial charge in [0.05, 0.1) is 45.3 Å². The monoisotopic (exact) mass is 1110 g/mol. The van der Waals surface area contributed by atoms with Crippen LogP contribution in [0.15, 0.2) is 48.5 Å². The lowest BCUT2D eigenvalue weighted by Crippen LogP contribution is -2.53. The molecule has 10 N–H and O–H groups in total. The van der Waals surface area contributed by atoms with Crippen LogP contribution in [0.4, 0.5) is 0 Å². The van der Waals surface area contributed by atoms with E-state index in [4.69, 9.17) is 32.4 Å². The molecule has 0 spiro atoms. The topological polar surface area (TPSA) is 331 Å². The smallest absolute Gasteiger partial charge is 0.323 e. The lowest BCUT2D eigenvalue weighted by Gasteiger charge is -2.35. The molecule has 0 aromatic heterocycles. The van der Waals surface area contributed by atoms with Crippen LogP contribution >= 0.6 is 0 Å². The lowest BCUT2D eigenvalue weighted by atomic mass is 10.1. The van der Waals surface area contributed by atoms with Crippen molar-refractivity contribution in [3.63, 3.8) is 0 Å². The molecular formula is C55H88N12O12. The maximum absolute atomic E-state index is 14.8. The Bertz CT molecular complexity index is 2260. The number of fused-ring (bicyclic) bond motifs is 1. The van der Waals surface area contributed by atoms with Crippen LogP contribution in [0.1, 0.15) is 96.2 Å². The normalized spacial score (nSPS) is 11.9. The Hall–Kier alpha value is -6.73. The number of aliphatic carboxylic acids is 1. The predicted octanol–water partition coefficient (Wildman–Crippen LogP) is 0.351. The third-order valence-corrected chi connectivity index (χ3v) is 13.0. The number of nitrogens with two attached hydrogens (primary N) is 4. The van der Waals surface area contributed by atoms with Crippen LogP contribution in [0.3, 0.4) is 0 Å². The Morgan fingerprint density at radius 2 is 1.01 bits per heavy atom. The molecule has 24 nitrogen and oxygen atoms in total. The van der Waals surface area contributed by atoms with Crippen LogP contribution in [-0.4, -0.2) is 217 Å². The fourth-order valence-corrected chi connectivity index (χ4v) is 8.68. The molecule has 1 heterocycles. The molecule has 1 atom stereocenters. The first-order chi connectivity index (χ1) is 37.8. The van der Waals surface area contributed by atoms with E-state index in [2.05, 4.69) is 5.32 Å². The zero-order valence-corrected chi connectivity index (χ0v) is 47.0. The van der Waals surface area contributed by atoms with Crippen LogP contribution in [0.25, 0.3) is 0 Å². The molecule has 24 heteroatoms. The van der Waals surface area contributed by atoms with Crippen molar-refractivity contribution in [1.82, 2.24) is 39.6 Å². The molecule has 0 aliphatic carbocycles. The second-order valence-corrected chi connectivity index (χ2v) is 20.2. The number of carboxylic acids is 1. The number of hydrogen-bond donors (Lipinski definition) is 6. The van der Waals surface area contributed by atoms with Gasteiger partial charge in [0.15, 0.2) is 11.5 Å². The van der Waals surface area contributed by atoms with Gasteiger partial charge in [-0.2, -0.15) is 0 Å². The first-order valence-electron chi connectivity index (χ1n) is 27.4. The largest absolute Gasteiger partial charge is 0.480 e. The number of nitrogens with one attached hydrogen (secondary N) is 1. The Balaban J connectivity index is 1.95. The minimum Gasteiger partial charge on any atom is -0.480 e. The van der Waals surface area contributed by atoms with E-state index >= 15 is 0 Å². The van der Waals surface area contributed by atoms with E-state index in [1.165, 1.54) is 36.3 Å². The van der Waals surface area contributed by atoms with E-state index in [0.717, 1.165) is 17.7 Å². The molecular weight excluding hydrogens is 1020 g/mol. The average Bonchev–Trinajstić information content (AvgIpc) is 3.89. The molecule has 0 radical (unpaired) electrons. The Morgan fingerprint density at radius 1 is 0.532 bits per heavy atom. The number of carbonyl (C=O) groups is 9. The van der Waals surface area contributed by atoms with E-state index in [0.29, 0.717) is 93.9 Å². The number of carboxylic acid groups (broad SMARTS) is 1. The SMILES string of the molecule is CC(=O)CN(CC(=O)O)C(=O)CN(CCCCN)C(=O)CN(C(=O)CN(CCCCN)C(=O)CN(CCCCN)C(=O)CN(CC(C)C)C(=O)CN(Cc1ccc2c(c1)OCO2)C(=O)CNCCCCN)C(C)c1ccccc1. The van der Waals surface area contributed by atoms with Crippen molar-refractivity contribution in [1.29, 1.82) is 0 Å². The summed E-state index contributed by atoms with van der Waals surface area (Å²) in [4.78, 5) is 133. The molecule has 1 unspecified atom stereocenters. The number of Topliss-reactive ketones (excluding diaryl/α,β-unsaturated/α-hetero) is 1. The maximum Gasteiger partial charge on any atom is 0.323 e. The van der Waals surface area contributed by atoms with Gasteiger partial charge in [-0.1, -0.05) is 50.2 Å². The van der Waals surface area contributed by atoms with Gasteiger partial charge in [0.2, 0.25) is 48.1 Å². The van der Waals surface area contributed by atoms with Crippen LogP contribution in [0, 0.1) is 5.92 Å². The number of nitrogens with zero attached hydrogens (tertiary/aromatic N) is 7. The molecule has 79 heavy (non-hydrogen) atoms. The highest BCUT2D eigenvalue weighted by Gasteiger charge is 2.33. The highest BCUT2D eigenvalue weighted by molar-refractivity contribution is 5.94. The lowest BCUT2D eigenvalue weighted by molar-refractivity contribution is -0.150. The van der Waals surface area contributed by atoms with Gasteiger partial charge in [0, 0.05) is 32.7 Å². The quantitative estimate of drug-likeness (QED) is 0.0491. The van der Waals surface area contributed by atoms with E-state index in [9.17, 15) is 48.3 Å². The molecule has 0 saturated carbocycles. The van der Waals surface area contributed by atoms with Gasteiger partial charge in [-0.15, -0.1) is 0 Å². The average molecular weight is 1110 g/mol.